The Labute approximate surface area is 204 Å². The van der Waals surface area contributed by atoms with Crippen molar-refractivity contribution in [2.45, 2.75) is 43.7 Å². The second-order valence-electron chi connectivity index (χ2n) is 8.96. The number of carbonyl (C=O) groups excluding carboxylic acids is 2. The van der Waals surface area contributed by atoms with Crippen molar-refractivity contribution in [1.29, 1.82) is 0 Å². The second-order valence-corrected chi connectivity index (χ2v) is 10.6. The van der Waals surface area contributed by atoms with Gasteiger partial charge in [0.1, 0.15) is 11.9 Å². The normalized spacial score (nSPS) is 12.6. The topological polar surface area (TPSA) is 117 Å². The van der Waals surface area contributed by atoms with Crippen molar-refractivity contribution in [2.75, 3.05) is 5.32 Å². The predicted octanol–water partition coefficient (Wildman–Crippen LogP) is 3.28. The molecule has 3 rings (SSSR count). The molecule has 0 radical (unpaired) electrons. The quantitative estimate of drug-likeness (QED) is 0.441. The van der Waals surface area contributed by atoms with Crippen LogP contribution in [-0.2, 0) is 21.2 Å². The van der Waals surface area contributed by atoms with Crippen molar-refractivity contribution in [3.05, 3.63) is 90.0 Å². The van der Waals surface area contributed by atoms with E-state index in [0.717, 1.165) is 17.7 Å². The fourth-order valence-electron chi connectivity index (χ4n) is 3.22. The van der Waals surface area contributed by atoms with Gasteiger partial charge in [-0.15, -0.1) is 0 Å². The molecule has 3 aromatic rings. The van der Waals surface area contributed by atoms with Gasteiger partial charge < -0.3 is 10.6 Å². The molecule has 0 bridgehead atoms. The van der Waals surface area contributed by atoms with E-state index in [0.29, 0.717) is 5.69 Å². The van der Waals surface area contributed by atoms with Gasteiger partial charge >= 0.3 is 0 Å². The molecule has 2 amide bonds. The van der Waals surface area contributed by atoms with Gasteiger partial charge in [-0.1, -0.05) is 0 Å². The fourth-order valence-corrected chi connectivity index (χ4v) is 4.63. The number of halogens is 1. The Kier molecular flexibility index (Phi) is 7.98. The van der Waals surface area contributed by atoms with E-state index in [1.807, 2.05) is 0 Å². The highest BCUT2D eigenvalue weighted by Crippen LogP contribution is 2.17. The lowest BCUT2D eigenvalue weighted by Crippen LogP contribution is -2.45. The van der Waals surface area contributed by atoms with E-state index in [9.17, 15) is 22.4 Å². The molecule has 0 fully saturated rings. The van der Waals surface area contributed by atoms with Crippen molar-refractivity contribution in [2.24, 2.45) is 0 Å². The molecular formula is C25H27FN4O4S. The molecule has 1 aromatic heterocycles. The number of nitrogens with one attached hydrogen (secondary N) is 3. The van der Waals surface area contributed by atoms with Gasteiger partial charge in [0.25, 0.3) is 5.91 Å². The zero-order chi connectivity index (χ0) is 25.6. The lowest BCUT2D eigenvalue weighted by atomic mass is 10.1. The number of rotatable bonds is 8. The van der Waals surface area contributed by atoms with E-state index >= 15 is 0 Å². The molecule has 35 heavy (non-hydrogen) atoms. The van der Waals surface area contributed by atoms with Crippen LogP contribution in [0.15, 0.2) is 78.0 Å². The number of aromatic nitrogens is 1. The minimum atomic E-state index is -3.72. The standard InChI is InChI=1S/C25H27FN4O4S/c1-25(2,3)30-35(33,34)21-10-8-20(9-11-21)28-24(32)22(16-17-12-14-27-15-13-17)29-23(31)18-4-6-19(26)7-5-18/h4-15,22,30H,16H2,1-3H3,(H,28,32)(H,29,31). The summed E-state index contributed by atoms with van der Waals surface area (Å²) in [6.45, 7) is 5.22. The number of amides is 2. The molecular weight excluding hydrogens is 471 g/mol. The Morgan fingerprint density at radius 3 is 2.11 bits per heavy atom. The first-order valence-corrected chi connectivity index (χ1v) is 12.3. The summed E-state index contributed by atoms with van der Waals surface area (Å²) in [6, 6.07) is 13.2. The molecule has 184 valence electrons. The van der Waals surface area contributed by atoms with Crippen molar-refractivity contribution in [1.82, 2.24) is 15.0 Å². The summed E-state index contributed by atoms with van der Waals surface area (Å²) in [7, 11) is -3.72. The van der Waals surface area contributed by atoms with Gasteiger partial charge in [-0.3, -0.25) is 14.6 Å². The molecule has 0 aliphatic heterocycles. The summed E-state index contributed by atoms with van der Waals surface area (Å²) >= 11 is 0. The van der Waals surface area contributed by atoms with E-state index < -0.39 is 39.2 Å². The Bertz CT molecular complexity index is 1270. The summed E-state index contributed by atoms with van der Waals surface area (Å²) in [4.78, 5) is 29.8. The minimum absolute atomic E-state index is 0.0587. The van der Waals surface area contributed by atoms with Crippen molar-refractivity contribution in [3.63, 3.8) is 0 Å². The smallest absolute Gasteiger partial charge is 0.251 e. The molecule has 0 saturated carbocycles. The van der Waals surface area contributed by atoms with Crippen LogP contribution in [0.1, 0.15) is 36.7 Å². The highest BCUT2D eigenvalue weighted by molar-refractivity contribution is 7.89. The first-order valence-electron chi connectivity index (χ1n) is 10.8. The van der Waals surface area contributed by atoms with Gasteiger partial charge in [-0.2, -0.15) is 0 Å². The van der Waals surface area contributed by atoms with Crippen molar-refractivity contribution >= 4 is 27.5 Å². The van der Waals surface area contributed by atoms with Crippen molar-refractivity contribution in [3.8, 4) is 0 Å². The number of benzene rings is 2. The zero-order valence-electron chi connectivity index (χ0n) is 19.6. The average Bonchev–Trinajstić information content (AvgIpc) is 2.78. The van der Waals surface area contributed by atoms with Crippen LogP contribution in [0.2, 0.25) is 0 Å². The highest BCUT2D eigenvalue weighted by atomic mass is 32.2. The average molecular weight is 499 g/mol. The van der Waals surface area contributed by atoms with E-state index in [1.54, 1.807) is 45.3 Å². The number of pyridine rings is 1. The largest absolute Gasteiger partial charge is 0.340 e. The molecule has 0 aliphatic carbocycles. The van der Waals surface area contributed by atoms with Gasteiger partial charge in [0.05, 0.1) is 4.90 Å². The highest BCUT2D eigenvalue weighted by Gasteiger charge is 2.24. The van der Waals surface area contributed by atoms with E-state index in [4.69, 9.17) is 0 Å². The van der Waals surface area contributed by atoms with Gasteiger partial charge in [0.2, 0.25) is 15.9 Å². The summed E-state index contributed by atoms with van der Waals surface area (Å²) in [6.07, 6.45) is 3.34. The maximum atomic E-state index is 13.2. The number of nitrogens with zero attached hydrogens (tertiary/aromatic N) is 1. The van der Waals surface area contributed by atoms with Crippen LogP contribution >= 0.6 is 0 Å². The molecule has 1 heterocycles. The fraction of sp³-hybridized carbons (Fsp3) is 0.240. The van der Waals surface area contributed by atoms with Crippen LogP contribution in [-0.4, -0.2) is 36.8 Å². The third-order valence-electron chi connectivity index (χ3n) is 4.79. The summed E-state index contributed by atoms with van der Waals surface area (Å²) in [5, 5.41) is 5.39. The van der Waals surface area contributed by atoms with Crippen LogP contribution in [0.5, 0.6) is 0 Å². The number of hydrogen-bond acceptors (Lipinski definition) is 5. The van der Waals surface area contributed by atoms with Crippen LogP contribution in [0.25, 0.3) is 0 Å². The Morgan fingerprint density at radius 1 is 0.943 bits per heavy atom. The minimum Gasteiger partial charge on any atom is -0.340 e. The van der Waals surface area contributed by atoms with E-state index in [-0.39, 0.29) is 16.9 Å². The molecule has 1 unspecified atom stereocenters. The molecule has 0 aliphatic rings. The number of hydrogen-bond donors (Lipinski definition) is 3. The van der Waals surface area contributed by atoms with Crippen molar-refractivity contribution < 1.29 is 22.4 Å². The van der Waals surface area contributed by atoms with Crippen LogP contribution < -0.4 is 15.4 Å². The summed E-state index contributed by atoms with van der Waals surface area (Å²) < 4.78 is 40.8. The Balaban J connectivity index is 1.77. The first kappa shape index (κ1) is 26.0. The van der Waals surface area contributed by atoms with Gasteiger partial charge in [0.15, 0.2) is 0 Å². The third kappa shape index (κ3) is 7.69. The van der Waals surface area contributed by atoms with Gasteiger partial charge in [-0.25, -0.2) is 17.5 Å². The van der Waals surface area contributed by atoms with Gasteiger partial charge in [-0.05, 0) is 87.0 Å². The van der Waals surface area contributed by atoms with Crippen LogP contribution in [0.3, 0.4) is 0 Å². The SMILES string of the molecule is CC(C)(C)NS(=O)(=O)c1ccc(NC(=O)C(Cc2ccncc2)NC(=O)c2ccc(F)cc2)cc1. The lowest BCUT2D eigenvalue weighted by Gasteiger charge is -2.21. The molecule has 2 aromatic carbocycles. The molecule has 0 spiro atoms. The Morgan fingerprint density at radius 2 is 1.54 bits per heavy atom. The molecule has 10 heteroatoms. The molecule has 1 atom stereocenters. The summed E-state index contributed by atoms with van der Waals surface area (Å²) in [5.74, 6) is -1.51. The Hall–Kier alpha value is -3.63. The van der Waals surface area contributed by atoms with Gasteiger partial charge in [0, 0.05) is 35.6 Å². The second kappa shape index (κ2) is 10.7. The summed E-state index contributed by atoms with van der Waals surface area (Å²) in [5.41, 5.74) is 0.698. The third-order valence-corrected chi connectivity index (χ3v) is 6.56. The number of sulfonamides is 1. The van der Waals surface area contributed by atoms with E-state index in [1.165, 1.54) is 36.4 Å². The zero-order valence-corrected chi connectivity index (χ0v) is 20.4. The van der Waals surface area contributed by atoms with Crippen LogP contribution in [0.4, 0.5) is 10.1 Å². The number of carbonyl (C=O) groups is 2. The van der Waals surface area contributed by atoms with E-state index in [2.05, 4.69) is 20.3 Å². The maximum absolute atomic E-state index is 13.2. The lowest BCUT2D eigenvalue weighted by molar-refractivity contribution is -0.118. The monoisotopic (exact) mass is 498 g/mol. The molecule has 8 nitrogen and oxygen atoms in total. The first-order chi connectivity index (χ1) is 16.4. The molecule has 0 saturated heterocycles. The number of anilines is 1. The maximum Gasteiger partial charge on any atom is 0.251 e. The predicted molar refractivity (Wildman–Crippen MR) is 131 cm³/mol. The molecule has 3 N–H and O–H groups in total. The van der Waals surface area contributed by atoms with Crippen LogP contribution in [0, 0.1) is 5.82 Å².